The fourth-order valence-electron chi connectivity index (χ4n) is 1.70. The van der Waals surface area contributed by atoms with Gasteiger partial charge in [0.05, 0.1) is 19.2 Å². The highest BCUT2D eigenvalue weighted by Crippen LogP contribution is 2.30. The van der Waals surface area contributed by atoms with Crippen molar-refractivity contribution in [2.75, 3.05) is 7.11 Å². The molecule has 1 heterocycles. The standard InChI is InChI=1S/C12H16Br2N2O2/c1-3-10(15)8(5-11(17)18-2)12-9(14)4-7(13)6-16-12/h4,6,8,10H,3,5,15H2,1-2H3. The zero-order valence-corrected chi connectivity index (χ0v) is 13.5. The molecule has 2 atom stereocenters. The van der Waals surface area contributed by atoms with Crippen molar-refractivity contribution in [3.63, 3.8) is 0 Å². The molecule has 0 fully saturated rings. The third-order valence-electron chi connectivity index (χ3n) is 2.79. The molecule has 2 unspecified atom stereocenters. The maximum atomic E-state index is 11.5. The number of aromatic nitrogens is 1. The summed E-state index contributed by atoms with van der Waals surface area (Å²) in [5.74, 6) is -0.426. The highest BCUT2D eigenvalue weighted by Gasteiger charge is 2.25. The summed E-state index contributed by atoms with van der Waals surface area (Å²) in [7, 11) is 1.38. The molecule has 0 aliphatic carbocycles. The topological polar surface area (TPSA) is 65.2 Å². The molecule has 1 aromatic rings. The summed E-state index contributed by atoms with van der Waals surface area (Å²) in [5, 5.41) is 0. The van der Waals surface area contributed by atoms with Crippen LogP contribution in [0.3, 0.4) is 0 Å². The van der Waals surface area contributed by atoms with Crippen molar-refractivity contribution in [2.45, 2.75) is 31.7 Å². The van der Waals surface area contributed by atoms with Crippen molar-refractivity contribution in [1.29, 1.82) is 0 Å². The third-order valence-corrected chi connectivity index (χ3v) is 3.86. The zero-order valence-electron chi connectivity index (χ0n) is 10.3. The van der Waals surface area contributed by atoms with Gasteiger partial charge in [0, 0.05) is 27.1 Å². The molecule has 1 aromatic heterocycles. The second kappa shape index (κ2) is 7.21. The van der Waals surface area contributed by atoms with E-state index in [4.69, 9.17) is 10.5 Å². The first-order valence-electron chi connectivity index (χ1n) is 5.62. The SMILES string of the molecule is CCC(N)C(CC(=O)OC)c1ncc(Br)cc1Br. The molecule has 0 spiro atoms. The number of halogens is 2. The van der Waals surface area contributed by atoms with E-state index in [1.165, 1.54) is 7.11 Å². The van der Waals surface area contributed by atoms with Crippen LogP contribution < -0.4 is 5.73 Å². The average Bonchev–Trinajstić information content (AvgIpc) is 2.35. The van der Waals surface area contributed by atoms with E-state index in [2.05, 4.69) is 36.8 Å². The molecule has 0 amide bonds. The molecule has 18 heavy (non-hydrogen) atoms. The van der Waals surface area contributed by atoms with Gasteiger partial charge in [-0.15, -0.1) is 0 Å². The predicted octanol–water partition coefficient (Wildman–Crippen LogP) is 2.99. The second-order valence-corrected chi connectivity index (χ2v) is 5.75. The summed E-state index contributed by atoms with van der Waals surface area (Å²) in [6, 6.07) is 1.77. The Hall–Kier alpha value is -0.460. The van der Waals surface area contributed by atoms with E-state index < -0.39 is 0 Å². The maximum absolute atomic E-state index is 11.5. The van der Waals surface area contributed by atoms with Crippen molar-refractivity contribution >= 4 is 37.8 Å². The van der Waals surface area contributed by atoms with Crippen molar-refractivity contribution in [3.05, 3.63) is 26.9 Å². The Morgan fingerprint density at radius 1 is 1.56 bits per heavy atom. The van der Waals surface area contributed by atoms with Gasteiger partial charge in [0.2, 0.25) is 0 Å². The maximum Gasteiger partial charge on any atom is 0.306 e. The van der Waals surface area contributed by atoms with E-state index in [1.54, 1.807) is 6.20 Å². The predicted molar refractivity (Wildman–Crippen MR) is 77.3 cm³/mol. The Morgan fingerprint density at radius 2 is 2.22 bits per heavy atom. The Bertz CT molecular complexity index is 427. The molecular formula is C12H16Br2N2O2. The normalized spacial score (nSPS) is 14.1. The number of pyridine rings is 1. The molecule has 100 valence electrons. The number of carbonyl (C=O) groups excluding carboxylic acids is 1. The molecule has 0 radical (unpaired) electrons. The largest absolute Gasteiger partial charge is 0.469 e. The third kappa shape index (κ3) is 4.03. The van der Waals surface area contributed by atoms with Gasteiger partial charge in [-0.2, -0.15) is 0 Å². The fourth-order valence-corrected chi connectivity index (χ4v) is 2.98. The number of hydrogen-bond donors (Lipinski definition) is 1. The molecule has 4 nitrogen and oxygen atoms in total. The number of esters is 1. The van der Waals surface area contributed by atoms with Crippen molar-refractivity contribution in [3.8, 4) is 0 Å². The fraction of sp³-hybridized carbons (Fsp3) is 0.500. The molecule has 2 N–H and O–H groups in total. The van der Waals surface area contributed by atoms with Crippen LogP contribution in [0.1, 0.15) is 31.4 Å². The van der Waals surface area contributed by atoms with Crippen LogP contribution in [-0.4, -0.2) is 24.1 Å². The minimum atomic E-state index is -0.277. The first-order chi connectivity index (χ1) is 8.49. The molecule has 0 aliphatic heterocycles. The molecule has 0 saturated heterocycles. The van der Waals surface area contributed by atoms with Crippen LogP contribution >= 0.6 is 31.9 Å². The van der Waals surface area contributed by atoms with Gasteiger partial charge in [0.25, 0.3) is 0 Å². The van der Waals surface area contributed by atoms with Crippen molar-refractivity contribution < 1.29 is 9.53 Å². The monoisotopic (exact) mass is 378 g/mol. The van der Waals surface area contributed by atoms with E-state index in [9.17, 15) is 4.79 Å². The van der Waals surface area contributed by atoms with E-state index >= 15 is 0 Å². The van der Waals surface area contributed by atoms with Crippen LogP contribution in [0.15, 0.2) is 21.2 Å². The Morgan fingerprint density at radius 3 is 2.72 bits per heavy atom. The van der Waals surface area contributed by atoms with Gasteiger partial charge in [-0.05, 0) is 44.3 Å². The number of ether oxygens (including phenoxy) is 1. The number of rotatable bonds is 5. The van der Waals surface area contributed by atoms with Crippen LogP contribution in [0.25, 0.3) is 0 Å². The molecular weight excluding hydrogens is 364 g/mol. The molecule has 0 aromatic carbocycles. The number of carbonyl (C=O) groups is 1. The molecule has 0 aliphatic rings. The summed E-state index contributed by atoms with van der Waals surface area (Å²) in [4.78, 5) is 15.8. The first kappa shape index (κ1) is 15.6. The molecule has 0 saturated carbocycles. The van der Waals surface area contributed by atoms with Crippen LogP contribution in [0.4, 0.5) is 0 Å². The smallest absolute Gasteiger partial charge is 0.306 e. The number of hydrogen-bond acceptors (Lipinski definition) is 4. The lowest BCUT2D eigenvalue weighted by Gasteiger charge is -2.22. The van der Waals surface area contributed by atoms with Gasteiger partial charge < -0.3 is 10.5 Å². The van der Waals surface area contributed by atoms with Crippen LogP contribution in [0.5, 0.6) is 0 Å². The van der Waals surface area contributed by atoms with E-state index in [0.29, 0.717) is 0 Å². The highest BCUT2D eigenvalue weighted by molar-refractivity contribution is 9.11. The lowest BCUT2D eigenvalue weighted by atomic mass is 9.91. The quantitative estimate of drug-likeness (QED) is 0.798. The van der Waals surface area contributed by atoms with Crippen molar-refractivity contribution in [2.24, 2.45) is 5.73 Å². The van der Waals surface area contributed by atoms with Crippen LogP contribution in [-0.2, 0) is 9.53 Å². The highest BCUT2D eigenvalue weighted by atomic mass is 79.9. The number of nitrogens with zero attached hydrogens (tertiary/aromatic N) is 1. The lowest BCUT2D eigenvalue weighted by molar-refractivity contribution is -0.141. The van der Waals surface area contributed by atoms with E-state index in [-0.39, 0.29) is 24.3 Å². The summed E-state index contributed by atoms with van der Waals surface area (Å²) in [5.41, 5.74) is 6.87. The molecule has 1 rings (SSSR count). The van der Waals surface area contributed by atoms with Gasteiger partial charge in [-0.1, -0.05) is 6.92 Å². The second-order valence-electron chi connectivity index (χ2n) is 3.98. The van der Waals surface area contributed by atoms with Gasteiger partial charge in [0.15, 0.2) is 0 Å². The van der Waals surface area contributed by atoms with Gasteiger partial charge in [-0.25, -0.2) is 0 Å². The van der Waals surface area contributed by atoms with Crippen LogP contribution in [0, 0.1) is 0 Å². The minimum Gasteiger partial charge on any atom is -0.469 e. The zero-order chi connectivity index (χ0) is 13.7. The van der Waals surface area contributed by atoms with Crippen molar-refractivity contribution in [1.82, 2.24) is 4.98 Å². The van der Waals surface area contributed by atoms with Gasteiger partial charge in [-0.3, -0.25) is 9.78 Å². The van der Waals surface area contributed by atoms with Gasteiger partial charge in [0.1, 0.15) is 0 Å². The Labute approximate surface area is 124 Å². The molecule has 0 bridgehead atoms. The molecule has 6 heteroatoms. The average molecular weight is 380 g/mol. The Kier molecular flexibility index (Phi) is 6.25. The minimum absolute atomic E-state index is 0.130. The first-order valence-corrected chi connectivity index (χ1v) is 7.21. The van der Waals surface area contributed by atoms with Crippen LogP contribution in [0.2, 0.25) is 0 Å². The summed E-state index contributed by atoms with van der Waals surface area (Å²) in [6.07, 6.45) is 2.71. The number of nitrogens with two attached hydrogens (primary N) is 1. The summed E-state index contributed by atoms with van der Waals surface area (Å²) >= 11 is 6.81. The van der Waals surface area contributed by atoms with E-state index in [0.717, 1.165) is 21.1 Å². The number of methoxy groups -OCH3 is 1. The summed E-state index contributed by atoms with van der Waals surface area (Å²) in [6.45, 7) is 1.99. The lowest BCUT2D eigenvalue weighted by Crippen LogP contribution is -2.30. The Balaban J connectivity index is 3.05. The summed E-state index contributed by atoms with van der Waals surface area (Å²) < 4.78 is 6.43. The van der Waals surface area contributed by atoms with Gasteiger partial charge >= 0.3 is 5.97 Å². The van der Waals surface area contributed by atoms with E-state index in [1.807, 2.05) is 13.0 Å².